The Bertz CT molecular complexity index is 1410. The summed E-state index contributed by atoms with van der Waals surface area (Å²) in [6.45, 7) is 0.349. The van der Waals surface area contributed by atoms with Gasteiger partial charge in [-0.05, 0) is 60.7 Å². The summed E-state index contributed by atoms with van der Waals surface area (Å²) in [6, 6.07) is 16.8. The van der Waals surface area contributed by atoms with Crippen molar-refractivity contribution in [3.05, 3.63) is 77.6 Å². The van der Waals surface area contributed by atoms with Crippen LogP contribution in [0.25, 0.3) is 5.65 Å². The van der Waals surface area contributed by atoms with Gasteiger partial charge in [0.2, 0.25) is 5.91 Å². The fourth-order valence-electron chi connectivity index (χ4n) is 3.33. The molecule has 0 radical (unpaired) electrons. The molecule has 0 aliphatic rings. The first-order chi connectivity index (χ1) is 18.0. The number of carbonyl (C=O) groups excluding carboxylic acids is 3. The van der Waals surface area contributed by atoms with Gasteiger partial charge in [-0.15, -0.1) is 10.2 Å². The average molecular weight is 521 g/mol. The van der Waals surface area contributed by atoms with Gasteiger partial charge in [-0.1, -0.05) is 11.8 Å². The largest absolute Gasteiger partial charge is 0.497 e. The predicted molar refractivity (Wildman–Crippen MR) is 137 cm³/mol. The number of fused-ring (bicyclic) bond motifs is 1. The third kappa shape index (κ3) is 6.61. The van der Waals surface area contributed by atoms with Crippen LogP contribution in [0.5, 0.6) is 5.75 Å². The van der Waals surface area contributed by atoms with Crippen molar-refractivity contribution in [1.82, 2.24) is 25.1 Å². The van der Waals surface area contributed by atoms with Gasteiger partial charge in [0.05, 0.1) is 25.5 Å². The number of ether oxygens (including phenoxy) is 2. The van der Waals surface area contributed by atoms with Crippen LogP contribution in [0.4, 0.5) is 5.69 Å². The Hall–Kier alpha value is -4.45. The summed E-state index contributed by atoms with van der Waals surface area (Å²) in [5.41, 5.74) is 2.06. The number of amides is 2. The number of methoxy groups -OCH3 is 2. The molecular formula is C25H24N6O5S. The number of hydrogen-bond acceptors (Lipinski definition) is 9. The Morgan fingerprint density at radius 1 is 0.919 bits per heavy atom. The summed E-state index contributed by atoms with van der Waals surface area (Å²) >= 11 is 1.26. The molecule has 0 unspecified atom stereocenters. The molecule has 0 saturated heterocycles. The quantitative estimate of drug-likeness (QED) is 0.239. The van der Waals surface area contributed by atoms with Crippen molar-refractivity contribution in [3.8, 4) is 5.75 Å². The Morgan fingerprint density at radius 3 is 2.35 bits per heavy atom. The van der Waals surface area contributed by atoms with Crippen LogP contribution in [0.1, 0.15) is 26.5 Å². The lowest BCUT2D eigenvalue weighted by molar-refractivity contribution is -0.113. The Balaban J connectivity index is 1.30. The van der Waals surface area contributed by atoms with Crippen LogP contribution in [-0.2, 0) is 16.0 Å². The van der Waals surface area contributed by atoms with Crippen molar-refractivity contribution in [2.24, 2.45) is 0 Å². The van der Waals surface area contributed by atoms with E-state index >= 15 is 0 Å². The van der Waals surface area contributed by atoms with Crippen molar-refractivity contribution in [1.29, 1.82) is 0 Å². The molecule has 0 saturated carbocycles. The monoisotopic (exact) mass is 520 g/mol. The topological polar surface area (TPSA) is 137 Å². The molecule has 2 amide bonds. The van der Waals surface area contributed by atoms with Gasteiger partial charge in [-0.3, -0.25) is 9.59 Å². The molecule has 4 aromatic rings. The fraction of sp³-hybridized carbons (Fsp3) is 0.200. The summed E-state index contributed by atoms with van der Waals surface area (Å²) in [4.78, 5) is 36.2. The van der Waals surface area contributed by atoms with E-state index < -0.39 is 5.97 Å². The maximum Gasteiger partial charge on any atom is 0.337 e. The van der Waals surface area contributed by atoms with E-state index in [2.05, 4.69) is 30.7 Å². The van der Waals surface area contributed by atoms with Gasteiger partial charge in [-0.25, -0.2) is 4.79 Å². The molecule has 0 fully saturated rings. The molecular weight excluding hydrogens is 496 g/mol. The van der Waals surface area contributed by atoms with Crippen LogP contribution in [0.15, 0.2) is 65.7 Å². The zero-order valence-electron chi connectivity index (χ0n) is 20.1. The minimum atomic E-state index is -0.442. The zero-order valence-corrected chi connectivity index (χ0v) is 20.9. The average Bonchev–Trinajstić information content (AvgIpc) is 3.34. The summed E-state index contributed by atoms with van der Waals surface area (Å²) < 4.78 is 11.4. The fourth-order valence-corrected chi connectivity index (χ4v) is 3.98. The zero-order chi connectivity index (χ0) is 26.2. The summed E-state index contributed by atoms with van der Waals surface area (Å²) in [6.07, 6.45) is 0.423. The first kappa shape index (κ1) is 25.6. The van der Waals surface area contributed by atoms with Crippen LogP contribution < -0.4 is 15.4 Å². The molecule has 2 N–H and O–H groups in total. The van der Waals surface area contributed by atoms with E-state index in [0.29, 0.717) is 52.0 Å². The normalized spacial score (nSPS) is 10.6. The summed E-state index contributed by atoms with van der Waals surface area (Å²) in [5.74, 6) is 0.533. The highest BCUT2D eigenvalue weighted by molar-refractivity contribution is 7.99. The number of nitrogens with zero attached hydrogens (tertiary/aromatic N) is 4. The number of nitrogens with one attached hydrogen (secondary N) is 2. The Labute approximate surface area is 216 Å². The molecule has 4 rings (SSSR count). The lowest BCUT2D eigenvalue weighted by atomic mass is 10.2. The van der Waals surface area contributed by atoms with Gasteiger partial charge in [0.25, 0.3) is 5.91 Å². The van der Waals surface area contributed by atoms with Gasteiger partial charge in [0.15, 0.2) is 11.5 Å². The maximum absolute atomic E-state index is 12.4. The summed E-state index contributed by atoms with van der Waals surface area (Å²) in [5, 5.41) is 19.1. The highest BCUT2D eigenvalue weighted by atomic mass is 32.2. The number of esters is 1. The lowest BCUT2D eigenvalue weighted by Gasteiger charge is -2.07. The van der Waals surface area contributed by atoms with E-state index in [1.54, 1.807) is 72.3 Å². The van der Waals surface area contributed by atoms with Crippen LogP contribution in [-0.4, -0.2) is 64.1 Å². The van der Waals surface area contributed by atoms with Gasteiger partial charge in [-0.2, -0.15) is 9.61 Å². The molecule has 11 nitrogen and oxygen atoms in total. The molecule has 12 heteroatoms. The van der Waals surface area contributed by atoms with E-state index in [4.69, 9.17) is 4.74 Å². The van der Waals surface area contributed by atoms with Crippen molar-refractivity contribution < 1.29 is 23.9 Å². The van der Waals surface area contributed by atoms with Crippen LogP contribution in [0, 0.1) is 0 Å². The van der Waals surface area contributed by atoms with Crippen molar-refractivity contribution in [2.45, 2.75) is 11.4 Å². The molecule has 0 spiro atoms. The molecule has 0 bridgehead atoms. The van der Waals surface area contributed by atoms with E-state index in [-0.39, 0.29) is 17.6 Å². The number of aromatic nitrogens is 4. The Morgan fingerprint density at radius 2 is 1.65 bits per heavy atom. The molecule has 0 aliphatic carbocycles. The first-order valence-electron chi connectivity index (χ1n) is 11.2. The smallest absolute Gasteiger partial charge is 0.337 e. The predicted octanol–water partition coefficient (Wildman–Crippen LogP) is 2.62. The van der Waals surface area contributed by atoms with Crippen molar-refractivity contribution in [2.75, 3.05) is 31.8 Å². The maximum atomic E-state index is 12.4. The van der Waals surface area contributed by atoms with Gasteiger partial charge >= 0.3 is 5.97 Å². The highest BCUT2D eigenvalue weighted by Gasteiger charge is 2.12. The highest BCUT2D eigenvalue weighted by Crippen LogP contribution is 2.17. The number of carbonyl (C=O) groups is 3. The number of hydrogen-bond donors (Lipinski definition) is 2. The minimum absolute atomic E-state index is 0.132. The number of rotatable bonds is 10. The van der Waals surface area contributed by atoms with Gasteiger partial charge in [0.1, 0.15) is 10.8 Å². The van der Waals surface area contributed by atoms with E-state index in [1.165, 1.54) is 18.9 Å². The molecule has 0 atom stereocenters. The SMILES string of the molecule is COC(=O)c1ccc(NC(=O)CSc2ccc3nnc(CCNC(=O)c4ccc(OC)cc4)n3n2)cc1. The number of anilines is 1. The first-order valence-corrected chi connectivity index (χ1v) is 12.2. The number of thioether (sulfide) groups is 1. The van der Waals surface area contributed by atoms with Crippen molar-refractivity contribution in [3.63, 3.8) is 0 Å². The molecule has 0 aliphatic heterocycles. The molecule has 2 heterocycles. The molecule has 37 heavy (non-hydrogen) atoms. The molecule has 2 aromatic carbocycles. The van der Waals surface area contributed by atoms with Crippen LogP contribution in [0.2, 0.25) is 0 Å². The third-order valence-corrected chi connectivity index (χ3v) is 6.15. The second-order valence-corrected chi connectivity index (χ2v) is 8.69. The van der Waals surface area contributed by atoms with Gasteiger partial charge in [0, 0.05) is 24.2 Å². The van der Waals surface area contributed by atoms with Crippen LogP contribution >= 0.6 is 11.8 Å². The second-order valence-electron chi connectivity index (χ2n) is 7.70. The number of benzene rings is 2. The summed E-state index contributed by atoms with van der Waals surface area (Å²) in [7, 11) is 2.88. The third-order valence-electron chi connectivity index (χ3n) is 5.23. The standard InChI is InChI=1S/C25H24N6O5S/c1-35-19-9-5-16(6-10-19)24(33)26-14-13-21-29-28-20-11-12-23(30-31(20)21)37-15-22(32)27-18-7-3-17(4-8-18)25(34)36-2/h3-12H,13-15H2,1-2H3,(H,26,33)(H,27,32). The van der Waals surface area contributed by atoms with Crippen LogP contribution in [0.3, 0.4) is 0 Å². The lowest BCUT2D eigenvalue weighted by Crippen LogP contribution is -2.26. The van der Waals surface area contributed by atoms with Crippen molar-refractivity contribution >= 4 is 40.9 Å². The second kappa shape index (κ2) is 12.0. The Kier molecular flexibility index (Phi) is 8.31. The van der Waals surface area contributed by atoms with Gasteiger partial charge < -0.3 is 20.1 Å². The molecule has 190 valence electrons. The van der Waals surface area contributed by atoms with E-state index in [0.717, 1.165) is 0 Å². The molecule has 2 aromatic heterocycles. The minimum Gasteiger partial charge on any atom is -0.497 e. The van der Waals surface area contributed by atoms with E-state index in [9.17, 15) is 14.4 Å². The van der Waals surface area contributed by atoms with E-state index in [1.807, 2.05) is 0 Å².